The molecule has 0 aliphatic carbocycles. The maximum absolute atomic E-state index is 11.7. The van der Waals surface area contributed by atoms with Crippen LogP contribution in [0.1, 0.15) is 49.5 Å². The van der Waals surface area contributed by atoms with Gasteiger partial charge in [-0.05, 0) is 29.5 Å². The Balaban J connectivity index is 2.21. The molecule has 0 bridgehead atoms. The van der Waals surface area contributed by atoms with Crippen molar-refractivity contribution in [2.75, 3.05) is 6.54 Å². The molecule has 0 radical (unpaired) electrons. The lowest BCUT2D eigenvalue weighted by molar-refractivity contribution is -0.131. The smallest absolute Gasteiger partial charge is 0.222 e. The molecule has 1 atom stereocenters. The van der Waals surface area contributed by atoms with Crippen molar-refractivity contribution in [3.05, 3.63) is 34.9 Å². The number of aliphatic hydroxyl groups excluding tert-OH is 1. The van der Waals surface area contributed by atoms with E-state index in [0.717, 1.165) is 24.9 Å². The SMILES string of the molecule is CCC(=O)N1CCc2ccc(C(O)CC)cc2C1. The van der Waals surface area contributed by atoms with Gasteiger partial charge in [0.1, 0.15) is 0 Å². The van der Waals surface area contributed by atoms with Gasteiger partial charge in [0.25, 0.3) is 0 Å². The Bertz CT molecular complexity index is 442. The van der Waals surface area contributed by atoms with Crippen molar-refractivity contribution in [1.82, 2.24) is 4.90 Å². The Hall–Kier alpha value is -1.35. The highest BCUT2D eigenvalue weighted by atomic mass is 16.3. The van der Waals surface area contributed by atoms with E-state index in [2.05, 4.69) is 12.1 Å². The molecule has 1 heterocycles. The monoisotopic (exact) mass is 247 g/mol. The fourth-order valence-corrected chi connectivity index (χ4v) is 2.46. The number of benzene rings is 1. The predicted octanol–water partition coefficient (Wildman–Crippen LogP) is 2.42. The number of aliphatic hydroxyl groups is 1. The Labute approximate surface area is 108 Å². The van der Waals surface area contributed by atoms with Gasteiger partial charge >= 0.3 is 0 Å². The summed E-state index contributed by atoms with van der Waals surface area (Å²) in [5.41, 5.74) is 3.46. The lowest BCUT2D eigenvalue weighted by atomic mass is 9.95. The largest absolute Gasteiger partial charge is 0.388 e. The van der Waals surface area contributed by atoms with Crippen molar-refractivity contribution in [2.45, 2.75) is 45.8 Å². The first-order valence-electron chi connectivity index (χ1n) is 6.73. The van der Waals surface area contributed by atoms with Gasteiger partial charge in [0.2, 0.25) is 5.91 Å². The molecule has 0 fully saturated rings. The van der Waals surface area contributed by atoms with Crippen molar-refractivity contribution in [2.24, 2.45) is 0 Å². The van der Waals surface area contributed by atoms with Crippen molar-refractivity contribution < 1.29 is 9.90 Å². The highest BCUT2D eigenvalue weighted by Crippen LogP contribution is 2.24. The molecule has 1 unspecified atom stereocenters. The molecule has 0 saturated carbocycles. The van der Waals surface area contributed by atoms with Gasteiger partial charge < -0.3 is 10.0 Å². The summed E-state index contributed by atoms with van der Waals surface area (Å²) >= 11 is 0. The maximum atomic E-state index is 11.7. The van der Waals surface area contributed by atoms with E-state index < -0.39 is 6.10 Å². The molecule has 1 aliphatic heterocycles. The average molecular weight is 247 g/mol. The minimum absolute atomic E-state index is 0.210. The topological polar surface area (TPSA) is 40.5 Å². The summed E-state index contributed by atoms with van der Waals surface area (Å²) in [6, 6.07) is 6.15. The first-order chi connectivity index (χ1) is 8.65. The van der Waals surface area contributed by atoms with Crippen LogP contribution in [0.25, 0.3) is 0 Å². The molecule has 0 saturated heterocycles. The van der Waals surface area contributed by atoms with Crippen LogP contribution in [0.5, 0.6) is 0 Å². The molecule has 1 aromatic carbocycles. The number of amides is 1. The van der Waals surface area contributed by atoms with E-state index >= 15 is 0 Å². The van der Waals surface area contributed by atoms with E-state index in [-0.39, 0.29) is 5.91 Å². The number of nitrogens with zero attached hydrogens (tertiary/aromatic N) is 1. The third-order valence-electron chi connectivity index (χ3n) is 3.67. The van der Waals surface area contributed by atoms with Gasteiger partial charge in [-0.1, -0.05) is 32.0 Å². The summed E-state index contributed by atoms with van der Waals surface area (Å²) in [4.78, 5) is 13.6. The summed E-state index contributed by atoms with van der Waals surface area (Å²) in [7, 11) is 0. The molecule has 1 aliphatic rings. The van der Waals surface area contributed by atoms with E-state index in [1.54, 1.807) is 0 Å². The zero-order valence-electron chi connectivity index (χ0n) is 11.1. The number of rotatable bonds is 3. The van der Waals surface area contributed by atoms with Gasteiger partial charge in [0.15, 0.2) is 0 Å². The Morgan fingerprint density at radius 2 is 2.17 bits per heavy atom. The number of hydrogen-bond acceptors (Lipinski definition) is 2. The van der Waals surface area contributed by atoms with E-state index in [1.807, 2.05) is 24.8 Å². The normalized spacial score (nSPS) is 16.3. The van der Waals surface area contributed by atoms with Crippen LogP contribution in [0.4, 0.5) is 0 Å². The standard InChI is InChI=1S/C15H21NO2/c1-3-14(17)12-6-5-11-7-8-16(15(18)4-2)10-13(11)9-12/h5-6,9,14,17H,3-4,7-8,10H2,1-2H3. The van der Waals surface area contributed by atoms with Crippen LogP contribution in [0, 0.1) is 0 Å². The van der Waals surface area contributed by atoms with Gasteiger partial charge in [-0.25, -0.2) is 0 Å². The fourth-order valence-electron chi connectivity index (χ4n) is 2.46. The summed E-state index contributed by atoms with van der Waals surface area (Å²) in [5.74, 6) is 0.210. The van der Waals surface area contributed by atoms with E-state index in [1.165, 1.54) is 11.1 Å². The lowest BCUT2D eigenvalue weighted by Crippen LogP contribution is -2.35. The molecular weight excluding hydrogens is 226 g/mol. The number of fused-ring (bicyclic) bond motifs is 1. The molecule has 18 heavy (non-hydrogen) atoms. The Kier molecular flexibility index (Phi) is 4.02. The minimum atomic E-state index is -0.396. The lowest BCUT2D eigenvalue weighted by Gasteiger charge is -2.29. The van der Waals surface area contributed by atoms with Crippen LogP contribution in [-0.4, -0.2) is 22.5 Å². The molecule has 1 aromatic rings. The van der Waals surface area contributed by atoms with Crippen LogP contribution in [0.2, 0.25) is 0 Å². The second kappa shape index (κ2) is 5.53. The summed E-state index contributed by atoms with van der Waals surface area (Å²) in [6.45, 7) is 5.37. The Morgan fingerprint density at radius 1 is 1.39 bits per heavy atom. The second-order valence-electron chi connectivity index (χ2n) is 4.87. The molecule has 0 aromatic heterocycles. The molecule has 98 valence electrons. The van der Waals surface area contributed by atoms with Crippen LogP contribution in [0.15, 0.2) is 18.2 Å². The third-order valence-corrected chi connectivity index (χ3v) is 3.67. The van der Waals surface area contributed by atoms with Crippen LogP contribution in [-0.2, 0) is 17.8 Å². The van der Waals surface area contributed by atoms with Gasteiger partial charge in [-0.15, -0.1) is 0 Å². The van der Waals surface area contributed by atoms with Crippen molar-refractivity contribution in [1.29, 1.82) is 0 Å². The van der Waals surface area contributed by atoms with Gasteiger partial charge in [-0.2, -0.15) is 0 Å². The average Bonchev–Trinajstić information content (AvgIpc) is 2.44. The zero-order valence-corrected chi connectivity index (χ0v) is 11.1. The van der Waals surface area contributed by atoms with E-state index in [9.17, 15) is 9.90 Å². The van der Waals surface area contributed by atoms with Crippen molar-refractivity contribution in [3.63, 3.8) is 0 Å². The third kappa shape index (κ3) is 2.56. The molecule has 3 heteroatoms. The van der Waals surface area contributed by atoms with Crippen LogP contribution < -0.4 is 0 Å². The zero-order chi connectivity index (χ0) is 13.1. The Morgan fingerprint density at radius 3 is 2.83 bits per heavy atom. The molecule has 1 amide bonds. The molecular formula is C15H21NO2. The van der Waals surface area contributed by atoms with Crippen molar-refractivity contribution >= 4 is 5.91 Å². The summed E-state index contributed by atoms with van der Waals surface area (Å²) < 4.78 is 0. The summed E-state index contributed by atoms with van der Waals surface area (Å²) in [5, 5.41) is 9.87. The molecule has 1 N–H and O–H groups in total. The summed E-state index contributed by atoms with van der Waals surface area (Å²) in [6.07, 6.45) is 1.81. The highest BCUT2D eigenvalue weighted by Gasteiger charge is 2.20. The number of carbonyl (C=O) groups is 1. The molecule has 2 rings (SSSR count). The molecule has 0 spiro atoms. The van der Waals surface area contributed by atoms with Gasteiger partial charge in [-0.3, -0.25) is 4.79 Å². The maximum Gasteiger partial charge on any atom is 0.222 e. The van der Waals surface area contributed by atoms with Gasteiger partial charge in [0.05, 0.1) is 6.10 Å². The number of hydrogen-bond donors (Lipinski definition) is 1. The van der Waals surface area contributed by atoms with Gasteiger partial charge in [0, 0.05) is 19.5 Å². The predicted molar refractivity (Wildman–Crippen MR) is 71.1 cm³/mol. The van der Waals surface area contributed by atoms with Crippen LogP contribution in [0.3, 0.4) is 0 Å². The van der Waals surface area contributed by atoms with E-state index in [0.29, 0.717) is 13.0 Å². The van der Waals surface area contributed by atoms with E-state index in [4.69, 9.17) is 0 Å². The van der Waals surface area contributed by atoms with Crippen molar-refractivity contribution in [3.8, 4) is 0 Å². The van der Waals surface area contributed by atoms with Crippen LogP contribution >= 0.6 is 0 Å². The number of carbonyl (C=O) groups excluding carboxylic acids is 1. The molecule has 3 nitrogen and oxygen atoms in total. The fraction of sp³-hybridized carbons (Fsp3) is 0.533. The second-order valence-corrected chi connectivity index (χ2v) is 4.87. The highest BCUT2D eigenvalue weighted by molar-refractivity contribution is 5.76. The quantitative estimate of drug-likeness (QED) is 0.891. The first kappa shape index (κ1) is 13.1. The first-order valence-corrected chi connectivity index (χ1v) is 6.73. The minimum Gasteiger partial charge on any atom is -0.388 e.